The van der Waals surface area contributed by atoms with Crippen LogP contribution in [0, 0.1) is 0 Å². The fourth-order valence-corrected chi connectivity index (χ4v) is 2.57. The third-order valence-electron chi connectivity index (χ3n) is 3.57. The molecule has 4 nitrogen and oxygen atoms in total. The van der Waals surface area contributed by atoms with Gasteiger partial charge in [-0.25, -0.2) is 4.79 Å². The van der Waals surface area contributed by atoms with Gasteiger partial charge in [-0.15, -0.1) is 0 Å². The van der Waals surface area contributed by atoms with E-state index in [1.54, 1.807) is 0 Å². The number of carbonyl (C=O) groups is 1. The van der Waals surface area contributed by atoms with E-state index in [0.29, 0.717) is 5.02 Å². The van der Waals surface area contributed by atoms with Crippen molar-refractivity contribution >= 4 is 23.8 Å². The van der Waals surface area contributed by atoms with Crippen molar-refractivity contribution in [1.82, 2.24) is 5.32 Å². The number of hydrogen-bond acceptors (Lipinski definition) is 2. The van der Waals surface area contributed by atoms with Gasteiger partial charge in [0.05, 0.1) is 17.7 Å². The fourth-order valence-electron chi connectivity index (χ4n) is 2.44. The molecule has 0 radical (unpaired) electrons. The molecule has 0 bridgehead atoms. The predicted molar refractivity (Wildman–Crippen MR) is 83.6 cm³/mol. The summed E-state index contributed by atoms with van der Waals surface area (Å²) in [5.74, 6) is 0. The summed E-state index contributed by atoms with van der Waals surface area (Å²) in [6.07, 6.45) is 4.12. The molecule has 0 saturated carbocycles. The highest BCUT2D eigenvalue weighted by Crippen LogP contribution is 2.29. The van der Waals surface area contributed by atoms with E-state index in [0.717, 1.165) is 18.4 Å². The van der Waals surface area contributed by atoms with Gasteiger partial charge in [0.1, 0.15) is 0 Å². The van der Waals surface area contributed by atoms with Crippen LogP contribution in [0.25, 0.3) is 6.08 Å². The third kappa shape index (κ3) is 4.76. The second-order valence-corrected chi connectivity index (χ2v) is 6.28. The topological polar surface area (TPSA) is 58.6 Å². The molecule has 1 fully saturated rings. The molecule has 1 aliphatic heterocycles. The quantitative estimate of drug-likeness (QED) is 0.889. The molecule has 1 unspecified atom stereocenters. The van der Waals surface area contributed by atoms with Gasteiger partial charge in [0, 0.05) is 5.02 Å². The van der Waals surface area contributed by atoms with E-state index in [2.05, 4.69) is 5.32 Å². The van der Waals surface area contributed by atoms with Gasteiger partial charge in [-0.05, 0) is 44.4 Å². The predicted octanol–water partition coefficient (Wildman–Crippen LogP) is 3.95. The van der Waals surface area contributed by atoms with E-state index in [1.807, 2.05) is 50.3 Å². The van der Waals surface area contributed by atoms with Crippen molar-refractivity contribution in [2.24, 2.45) is 0 Å². The van der Waals surface area contributed by atoms with Gasteiger partial charge in [0.25, 0.3) is 0 Å². The molecule has 2 atom stereocenters. The summed E-state index contributed by atoms with van der Waals surface area (Å²) in [5.41, 5.74) is 0.756. The Hall–Kier alpha value is -1.52. The highest BCUT2D eigenvalue weighted by Gasteiger charge is 2.35. The fraction of sp³-hybridized carbons (Fsp3) is 0.438. The maximum Gasteiger partial charge on any atom is 0.404 e. The van der Waals surface area contributed by atoms with Crippen molar-refractivity contribution in [2.75, 3.05) is 0 Å². The number of halogens is 1. The Morgan fingerprint density at radius 3 is 2.71 bits per heavy atom. The Balaban J connectivity index is 2.11. The minimum atomic E-state index is -1.02. The van der Waals surface area contributed by atoms with E-state index >= 15 is 0 Å². The highest BCUT2D eigenvalue weighted by molar-refractivity contribution is 6.30. The smallest absolute Gasteiger partial charge is 0.404 e. The number of hydrogen-bond donors (Lipinski definition) is 2. The Labute approximate surface area is 129 Å². The van der Waals surface area contributed by atoms with Crippen LogP contribution in [0.3, 0.4) is 0 Å². The number of amides is 1. The van der Waals surface area contributed by atoms with Crippen LogP contribution in [0.2, 0.25) is 5.02 Å². The first-order chi connectivity index (χ1) is 9.85. The monoisotopic (exact) mass is 309 g/mol. The lowest BCUT2D eigenvalue weighted by atomic mass is 9.91. The summed E-state index contributed by atoms with van der Waals surface area (Å²) in [6, 6.07) is 7.23. The van der Waals surface area contributed by atoms with E-state index in [1.165, 1.54) is 0 Å². The minimum Gasteiger partial charge on any atom is -0.465 e. The molecule has 1 aromatic carbocycles. The number of carboxylic acid groups (broad SMARTS) is 1. The summed E-state index contributed by atoms with van der Waals surface area (Å²) in [4.78, 5) is 10.9. The van der Waals surface area contributed by atoms with Crippen molar-refractivity contribution in [3.8, 4) is 0 Å². The molecule has 2 rings (SSSR count). The van der Waals surface area contributed by atoms with E-state index in [-0.39, 0.29) is 17.7 Å². The Bertz CT molecular complexity index is 525. The number of nitrogens with one attached hydrogen (secondary N) is 1. The summed E-state index contributed by atoms with van der Waals surface area (Å²) in [7, 11) is 0. The summed E-state index contributed by atoms with van der Waals surface area (Å²) in [5, 5.41) is 12.1. The third-order valence-corrected chi connectivity index (χ3v) is 3.82. The first-order valence-electron chi connectivity index (χ1n) is 6.97. The van der Waals surface area contributed by atoms with E-state index in [9.17, 15) is 4.79 Å². The number of ether oxygens (including phenoxy) is 1. The van der Waals surface area contributed by atoms with Crippen molar-refractivity contribution in [3.05, 3.63) is 40.9 Å². The second-order valence-electron chi connectivity index (χ2n) is 5.85. The Morgan fingerprint density at radius 2 is 2.10 bits per heavy atom. The summed E-state index contributed by atoms with van der Waals surface area (Å²) >= 11 is 5.85. The molecule has 5 heteroatoms. The number of benzene rings is 1. The van der Waals surface area contributed by atoms with Gasteiger partial charge >= 0.3 is 6.09 Å². The molecule has 114 valence electrons. The molecule has 1 amide bonds. The molecule has 1 saturated heterocycles. The molecular weight excluding hydrogens is 290 g/mol. The Morgan fingerprint density at radius 1 is 1.43 bits per heavy atom. The lowest BCUT2D eigenvalue weighted by Gasteiger charge is -2.39. The van der Waals surface area contributed by atoms with Gasteiger partial charge in [-0.1, -0.05) is 35.9 Å². The average molecular weight is 310 g/mol. The van der Waals surface area contributed by atoms with E-state index < -0.39 is 6.09 Å². The Kier molecular flexibility index (Phi) is 4.91. The molecule has 1 aromatic rings. The zero-order valence-electron chi connectivity index (χ0n) is 12.2. The molecular formula is C16H20ClNO3. The van der Waals surface area contributed by atoms with Crippen LogP contribution in [0.15, 0.2) is 30.3 Å². The first-order valence-corrected chi connectivity index (χ1v) is 7.35. The maximum atomic E-state index is 10.9. The van der Waals surface area contributed by atoms with Crippen LogP contribution in [0.4, 0.5) is 4.79 Å². The molecule has 21 heavy (non-hydrogen) atoms. The SMILES string of the molecule is CC1(C)CCC(NC(=O)O)[C@H](C=Cc2ccc(Cl)cc2)O1. The van der Waals surface area contributed by atoms with Gasteiger partial charge in [-0.2, -0.15) is 0 Å². The van der Waals surface area contributed by atoms with Crippen LogP contribution < -0.4 is 5.32 Å². The minimum absolute atomic E-state index is 0.223. The van der Waals surface area contributed by atoms with Gasteiger partial charge in [0.15, 0.2) is 0 Å². The first kappa shape index (κ1) is 15.9. The van der Waals surface area contributed by atoms with Crippen molar-refractivity contribution in [2.45, 2.75) is 44.4 Å². The van der Waals surface area contributed by atoms with Crippen LogP contribution in [-0.4, -0.2) is 28.9 Å². The zero-order valence-corrected chi connectivity index (χ0v) is 12.9. The van der Waals surface area contributed by atoms with Gasteiger partial charge in [-0.3, -0.25) is 0 Å². The lowest BCUT2D eigenvalue weighted by Crippen LogP contribution is -2.51. The highest BCUT2D eigenvalue weighted by atomic mass is 35.5. The van der Waals surface area contributed by atoms with Gasteiger partial charge < -0.3 is 15.2 Å². The van der Waals surface area contributed by atoms with Gasteiger partial charge in [0.2, 0.25) is 0 Å². The summed E-state index contributed by atoms with van der Waals surface area (Å²) in [6.45, 7) is 4.04. The van der Waals surface area contributed by atoms with Crippen molar-refractivity contribution in [3.63, 3.8) is 0 Å². The molecule has 0 aliphatic carbocycles. The molecule has 1 heterocycles. The molecule has 0 aromatic heterocycles. The molecule has 1 aliphatic rings. The zero-order chi connectivity index (χ0) is 15.5. The summed E-state index contributed by atoms with van der Waals surface area (Å²) < 4.78 is 5.99. The standard InChI is InChI=1S/C16H20ClNO3/c1-16(2)10-9-13(18-15(19)20)14(21-16)8-5-11-3-6-12(17)7-4-11/h3-8,13-14,18H,9-10H2,1-2H3,(H,19,20)/t13?,14-/m0/s1. The van der Waals surface area contributed by atoms with Crippen LogP contribution in [-0.2, 0) is 4.74 Å². The molecule has 0 spiro atoms. The normalized spacial score (nSPS) is 24.9. The van der Waals surface area contributed by atoms with Crippen molar-refractivity contribution < 1.29 is 14.6 Å². The maximum absolute atomic E-state index is 10.9. The van der Waals surface area contributed by atoms with E-state index in [4.69, 9.17) is 21.4 Å². The molecule has 2 N–H and O–H groups in total. The van der Waals surface area contributed by atoms with Crippen LogP contribution in [0.5, 0.6) is 0 Å². The second kappa shape index (κ2) is 6.50. The lowest BCUT2D eigenvalue weighted by molar-refractivity contribution is -0.0991. The van der Waals surface area contributed by atoms with Crippen LogP contribution >= 0.6 is 11.6 Å². The number of rotatable bonds is 3. The largest absolute Gasteiger partial charge is 0.465 e. The van der Waals surface area contributed by atoms with Crippen LogP contribution in [0.1, 0.15) is 32.3 Å². The van der Waals surface area contributed by atoms with Crippen molar-refractivity contribution in [1.29, 1.82) is 0 Å². The average Bonchev–Trinajstić information content (AvgIpc) is 2.40.